The second-order valence-corrected chi connectivity index (χ2v) is 18.2. The van der Waals surface area contributed by atoms with E-state index in [1.165, 1.54) is 71.4 Å². The standard InChI is InChI=1S/C18H18N6O2.C13H19N5O.C11H13N5.C7H7NO3.C4H9N/c1-26-18-13(7-4-10-19-18)17(25)22-15-9-3-8-14(21-15)16-23-20-11-24(16)12-5-2-6-12;1-17(2)9-14-8-12(19)11-6-5-7-13(16-11)15-10-18(3)4;12-10-6-2-5-9(14-10)11-15-13-7-16(11)8-3-1-4-8;1-11-6-5(7(9)10)3-2-4-8-6;5-4-2-1-3-4/h3-4,7-12H,2,5-6H2,1H3,(H,21,22,25);5-7,9-10H,8H2,1-4H3;2,5-8H,1,3-4H2,(H2,12,14);2-4H,1H3,(H,9,10);4H,1-3,5H2. The van der Waals surface area contributed by atoms with Crippen molar-refractivity contribution in [3.63, 3.8) is 0 Å². The van der Waals surface area contributed by atoms with Gasteiger partial charge in [-0.3, -0.25) is 14.6 Å². The molecule has 7 aromatic rings. The molecule has 0 unspecified atom stereocenters. The molecule has 24 heteroatoms. The number of nitrogens with one attached hydrogen (secondary N) is 1. The number of ether oxygens (including phenoxy) is 2. The first-order valence-corrected chi connectivity index (χ1v) is 24.9. The van der Waals surface area contributed by atoms with E-state index in [0.29, 0.717) is 58.4 Å². The predicted molar refractivity (Wildman–Crippen MR) is 292 cm³/mol. The first kappa shape index (κ1) is 57.2. The molecule has 3 aliphatic carbocycles. The van der Waals surface area contributed by atoms with Crippen LogP contribution in [0.5, 0.6) is 11.8 Å². The van der Waals surface area contributed by atoms with Crippen molar-refractivity contribution < 1.29 is 29.0 Å². The van der Waals surface area contributed by atoms with Gasteiger partial charge in [-0.05, 0) is 112 Å². The van der Waals surface area contributed by atoms with Crippen LogP contribution in [0.3, 0.4) is 0 Å². The van der Waals surface area contributed by atoms with Crippen LogP contribution in [0, 0.1) is 0 Å². The van der Waals surface area contributed by atoms with Gasteiger partial charge in [0, 0.05) is 58.7 Å². The number of nitrogens with zero attached hydrogens (tertiary/aromatic N) is 15. The van der Waals surface area contributed by atoms with Crippen molar-refractivity contribution in [2.45, 2.75) is 75.9 Å². The van der Waals surface area contributed by atoms with Gasteiger partial charge in [0.1, 0.15) is 59.0 Å². The number of carbonyl (C=O) groups excluding carboxylic acids is 2. The Balaban J connectivity index is 0.000000167. The normalized spacial score (nSPS) is 13.8. The zero-order valence-electron chi connectivity index (χ0n) is 44.1. The summed E-state index contributed by atoms with van der Waals surface area (Å²) in [5, 5.41) is 27.7. The Bertz CT molecular complexity index is 3060. The third kappa shape index (κ3) is 17.2. The molecule has 0 bridgehead atoms. The summed E-state index contributed by atoms with van der Waals surface area (Å²) in [6.07, 6.45) is 20.9. The van der Waals surface area contributed by atoms with Crippen molar-refractivity contribution >= 4 is 47.8 Å². The van der Waals surface area contributed by atoms with E-state index in [1.807, 2.05) is 52.5 Å². The molecule has 0 aromatic carbocycles. The Kier molecular flexibility index (Phi) is 21.7. The minimum absolute atomic E-state index is 0.0787. The molecule has 3 fully saturated rings. The van der Waals surface area contributed by atoms with E-state index in [0.717, 1.165) is 24.4 Å². The molecule has 7 aromatic heterocycles. The second kappa shape index (κ2) is 29.1. The maximum Gasteiger partial charge on any atom is 0.341 e. The van der Waals surface area contributed by atoms with E-state index < -0.39 is 5.97 Å². The number of carboxylic acids is 1. The van der Waals surface area contributed by atoms with Crippen LogP contribution in [0.2, 0.25) is 0 Å². The number of pyridine rings is 5. The lowest BCUT2D eigenvalue weighted by Gasteiger charge is -2.27. The van der Waals surface area contributed by atoms with Crippen molar-refractivity contribution in [2.75, 3.05) is 60.0 Å². The van der Waals surface area contributed by atoms with Gasteiger partial charge in [-0.1, -0.05) is 24.6 Å². The number of anilines is 2. The average Bonchev–Trinajstić information content (AvgIpc) is 4.09. The Morgan fingerprint density at radius 2 is 1.23 bits per heavy atom. The van der Waals surface area contributed by atoms with Gasteiger partial charge in [0.05, 0.1) is 26.9 Å². The van der Waals surface area contributed by atoms with E-state index >= 15 is 0 Å². The number of amides is 1. The summed E-state index contributed by atoms with van der Waals surface area (Å²) < 4.78 is 14.0. The molecule has 6 N–H and O–H groups in total. The summed E-state index contributed by atoms with van der Waals surface area (Å²) in [5.74, 6) is 1.90. The number of nitrogen functional groups attached to an aromatic ring is 1. The van der Waals surface area contributed by atoms with Gasteiger partial charge in [-0.2, -0.15) is 0 Å². The number of hydrogen-bond acceptors (Lipinski definition) is 18. The Morgan fingerprint density at radius 3 is 1.73 bits per heavy atom. The summed E-state index contributed by atoms with van der Waals surface area (Å²) in [6, 6.07) is 24.0. The number of ketones is 1. The Labute approximate surface area is 446 Å². The van der Waals surface area contributed by atoms with Crippen LogP contribution in [-0.4, -0.2) is 155 Å². The van der Waals surface area contributed by atoms with Crippen LogP contribution in [0.25, 0.3) is 23.0 Å². The van der Waals surface area contributed by atoms with E-state index in [4.69, 9.17) is 26.0 Å². The summed E-state index contributed by atoms with van der Waals surface area (Å²) in [6.45, 7) is 0.0893. The lowest BCUT2D eigenvalue weighted by atomic mass is 9.93. The molecule has 7 heterocycles. The Morgan fingerprint density at radius 1 is 0.701 bits per heavy atom. The number of rotatable bonds is 15. The fourth-order valence-corrected chi connectivity index (χ4v) is 7.18. The molecule has 3 aliphatic rings. The summed E-state index contributed by atoms with van der Waals surface area (Å²) in [4.78, 5) is 67.3. The van der Waals surface area contributed by atoms with Gasteiger partial charge in [-0.15, -0.1) is 20.4 Å². The van der Waals surface area contributed by atoms with Gasteiger partial charge in [0.15, 0.2) is 17.5 Å². The van der Waals surface area contributed by atoms with Gasteiger partial charge in [0.2, 0.25) is 17.5 Å². The third-order valence-electron chi connectivity index (χ3n) is 11.8. The highest BCUT2D eigenvalue weighted by molar-refractivity contribution is 6.05. The minimum atomic E-state index is -1.03. The van der Waals surface area contributed by atoms with E-state index in [9.17, 15) is 14.4 Å². The number of carbonyl (C=O) groups is 3. The zero-order chi connectivity index (χ0) is 55.1. The molecule has 77 heavy (non-hydrogen) atoms. The number of carboxylic acid groups (broad SMARTS) is 1. The zero-order valence-corrected chi connectivity index (χ0v) is 44.1. The fourth-order valence-electron chi connectivity index (χ4n) is 7.18. The monoisotopic (exact) mass is 1050 g/mol. The van der Waals surface area contributed by atoms with E-state index in [2.05, 4.69) is 69.8 Å². The van der Waals surface area contributed by atoms with Crippen LogP contribution in [0.1, 0.15) is 101 Å². The molecule has 24 nitrogen and oxygen atoms in total. The number of Topliss-reactive ketones (excluding diaryl/α,β-unsaturated/α-hetero) is 1. The molecular formula is C53H66N18O6. The smallest absolute Gasteiger partial charge is 0.341 e. The van der Waals surface area contributed by atoms with Crippen LogP contribution >= 0.6 is 0 Å². The van der Waals surface area contributed by atoms with Gasteiger partial charge >= 0.3 is 5.97 Å². The lowest BCUT2D eigenvalue weighted by Crippen LogP contribution is -2.27. The topological polar surface area (TPSA) is 311 Å². The van der Waals surface area contributed by atoms with Gasteiger partial charge in [-0.25, -0.2) is 34.7 Å². The molecular weight excluding hydrogens is 985 g/mol. The number of aliphatic imine (C=N–C) groups is 2. The largest absolute Gasteiger partial charge is 0.480 e. The minimum Gasteiger partial charge on any atom is -0.480 e. The van der Waals surface area contributed by atoms with Gasteiger partial charge in [0.25, 0.3) is 5.91 Å². The molecule has 404 valence electrons. The quantitative estimate of drug-likeness (QED) is 0.0470. The van der Waals surface area contributed by atoms with Crippen molar-refractivity contribution in [3.05, 3.63) is 121 Å². The summed E-state index contributed by atoms with van der Waals surface area (Å²) in [7, 11) is 10.3. The highest BCUT2D eigenvalue weighted by atomic mass is 16.5. The lowest BCUT2D eigenvalue weighted by molar-refractivity contribution is 0.0691. The SMILES string of the molecule is CN(C)C=NCC(=O)c1cccc(N=CN(C)C)n1.COc1ncccc1C(=O)Nc1cccc(-c2nncn2C2CCC2)n1.COc1ncccc1C(=O)O.NC1CCC1.Nc1cccc(-c2nncn2C2CCC2)n1. The average molecular weight is 1050 g/mol. The second-order valence-electron chi connectivity index (χ2n) is 18.2. The van der Waals surface area contributed by atoms with Crippen molar-refractivity contribution in [1.82, 2.24) is 64.2 Å². The first-order chi connectivity index (χ1) is 37.2. The Hall–Kier alpha value is -9.06. The highest BCUT2D eigenvalue weighted by Gasteiger charge is 2.25. The number of nitrogens with two attached hydrogens (primary N) is 2. The number of methoxy groups -OCH3 is 2. The summed E-state index contributed by atoms with van der Waals surface area (Å²) >= 11 is 0. The van der Waals surface area contributed by atoms with Crippen molar-refractivity contribution in [1.29, 1.82) is 0 Å². The number of hydrogen-bond donors (Lipinski definition) is 4. The van der Waals surface area contributed by atoms with E-state index in [-0.39, 0.29) is 35.6 Å². The molecule has 1 amide bonds. The van der Waals surface area contributed by atoms with Crippen LogP contribution < -0.4 is 26.3 Å². The van der Waals surface area contributed by atoms with Crippen molar-refractivity contribution in [3.8, 4) is 34.8 Å². The maximum atomic E-state index is 12.5. The van der Waals surface area contributed by atoms with Crippen LogP contribution in [0.15, 0.2) is 114 Å². The molecule has 0 saturated heterocycles. The summed E-state index contributed by atoms with van der Waals surface area (Å²) in [5.41, 5.74) is 13.3. The molecule has 10 rings (SSSR count). The van der Waals surface area contributed by atoms with E-state index in [1.54, 1.807) is 89.9 Å². The highest BCUT2D eigenvalue weighted by Crippen LogP contribution is 2.35. The third-order valence-corrected chi connectivity index (χ3v) is 11.8. The molecule has 0 atom stereocenters. The fraction of sp³-hybridized carbons (Fsp3) is 0.358. The molecule has 0 spiro atoms. The molecule has 0 aliphatic heterocycles. The van der Waals surface area contributed by atoms with Crippen LogP contribution in [0.4, 0.5) is 17.5 Å². The van der Waals surface area contributed by atoms with Crippen LogP contribution in [-0.2, 0) is 0 Å². The maximum absolute atomic E-state index is 12.5. The predicted octanol–water partition coefficient (Wildman–Crippen LogP) is 6.73. The van der Waals surface area contributed by atoms with Crippen molar-refractivity contribution in [2.24, 2.45) is 15.7 Å². The number of aromatic carboxylic acids is 1. The molecule has 3 saturated carbocycles. The first-order valence-electron chi connectivity index (χ1n) is 24.9. The molecule has 0 radical (unpaired) electrons. The van der Waals surface area contributed by atoms with Gasteiger partial charge < -0.3 is 50.3 Å². The number of aromatic nitrogens is 11.